The first-order chi connectivity index (χ1) is 9.26. The maximum absolute atomic E-state index is 11.8. The topological polar surface area (TPSA) is 36.1 Å². The first-order valence-corrected chi connectivity index (χ1v) is 7.34. The van der Waals surface area contributed by atoms with E-state index in [1.54, 1.807) is 0 Å². The summed E-state index contributed by atoms with van der Waals surface area (Å²) in [4.78, 5) is 17.0. The fourth-order valence-electron chi connectivity index (χ4n) is 2.71. The van der Waals surface area contributed by atoms with E-state index >= 15 is 0 Å². The molecule has 1 aromatic carbocycles. The minimum Gasteiger partial charge on any atom is -0.361 e. The van der Waals surface area contributed by atoms with Gasteiger partial charge in [-0.15, -0.1) is 0 Å². The van der Waals surface area contributed by atoms with Crippen LogP contribution in [0.15, 0.2) is 30.5 Å². The van der Waals surface area contributed by atoms with Crippen molar-refractivity contribution in [1.29, 1.82) is 0 Å². The first-order valence-electron chi connectivity index (χ1n) is 6.71. The predicted octanol–water partition coefficient (Wildman–Crippen LogP) is 2.49. The van der Waals surface area contributed by atoms with Crippen LogP contribution in [0.25, 0.3) is 10.9 Å². The number of benzene rings is 1. The molecule has 0 aliphatic carbocycles. The maximum Gasteiger partial charge on any atom is 0.222 e. The molecule has 1 amide bonds. The Morgan fingerprint density at radius 2 is 2.26 bits per heavy atom. The van der Waals surface area contributed by atoms with Gasteiger partial charge >= 0.3 is 0 Å². The number of aromatic amines is 1. The summed E-state index contributed by atoms with van der Waals surface area (Å²) in [5.74, 6) is 1.52. The number of hydrogen-bond acceptors (Lipinski definition) is 2. The van der Waals surface area contributed by atoms with Crippen molar-refractivity contribution in [3.8, 4) is 0 Å². The highest BCUT2D eigenvalue weighted by Crippen LogP contribution is 2.20. The molecule has 100 valence electrons. The van der Waals surface area contributed by atoms with Crippen LogP contribution in [0.4, 0.5) is 0 Å². The number of likely N-dealkylation sites (tertiary alicyclic amines) is 1. The minimum absolute atomic E-state index is 0.279. The fourth-order valence-corrected chi connectivity index (χ4v) is 2.96. The van der Waals surface area contributed by atoms with E-state index in [0.717, 1.165) is 30.8 Å². The second-order valence-electron chi connectivity index (χ2n) is 5.24. The van der Waals surface area contributed by atoms with E-state index < -0.39 is 0 Å². The average molecular weight is 274 g/mol. The SMILES string of the molecule is O=C1CC(CS)CN1CCc1ccc2[nH]ccc2c1. The molecule has 2 heterocycles. The van der Waals surface area contributed by atoms with E-state index in [1.165, 1.54) is 10.9 Å². The summed E-state index contributed by atoms with van der Waals surface area (Å²) in [7, 11) is 0. The summed E-state index contributed by atoms with van der Waals surface area (Å²) in [6.45, 7) is 1.69. The molecule has 1 fully saturated rings. The van der Waals surface area contributed by atoms with E-state index in [4.69, 9.17) is 0 Å². The van der Waals surface area contributed by atoms with Crippen LogP contribution in [0, 0.1) is 5.92 Å². The Kier molecular flexibility index (Phi) is 3.51. The highest BCUT2D eigenvalue weighted by Gasteiger charge is 2.27. The molecule has 1 saturated heterocycles. The normalized spacial score (nSPS) is 19.5. The minimum atomic E-state index is 0.279. The molecule has 0 radical (unpaired) electrons. The third kappa shape index (κ3) is 2.63. The zero-order valence-corrected chi connectivity index (χ0v) is 11.7. The third-order valence-electron chi connectivity index (χ3n) is 3.84. The predicted molar refractivity (Wildman–Crippen MR) is 80.5 cm³/mol. The maximum atomic E-state index is 11.8. The lowest BCUT2D eigenvalue weighted by Gasteiger charge is -2.16. The Bertz CT molecular complexity index is 593. The van der Waals surface area contributed by atoms with Crippen molar-refractivity contribution in [3.05, 3.63) is 36.0 Å². The van der Waals surface area contributed by atoms with Crippen LogP contribution in [-0.4, -0.2) is 34.6 Å². The highest BCUT2D eigenvalue weighted by atomic mass is 32.1. The van der Waals surface area contributed by atoms with Gasteiger partial charge in [-0.25, -0.2) is 0 Å². The number of aromatic nitrogens is 1. The van der Waals surface area contributed by atoms with Crippen molar-refractivity contribution in [2.75, 3.05) is 18.8 Å². The van der Waals surface area contributed by atoms with Crippen LogP contribution in [0.1, 0.15) is 12.0 Å². The molecule has 1 aromatic heterocycles. The summed E-state index contributed by atoms with van der Waals surface area (Å²) >= 11 is 4.29. The molecule has 0 spiro atoms. The number of rotatable bonds is 4. The van der Waals surface area contributed by atoms with Crippen LogP contribution in [0.3, 0.4) is 0 Å². The molecule has 0 bridgehead atoms. The van der Waals surface area contributed by atoms with Gasteiger partial charge in [0.15, 0.2) is 0 Å². The van der Waals surface area contributed by atoms with Crippen molar-refractivity contribution in [2.24, 2.45) is 5.92 Å². The first kappa shape index (κ1) is 12.6. The molecule has 1 N–H and O–H groups in total. The lowest BCUT2D eigenvalue weighted by Crippen LogP contribution is -2.27. The molecular weight excluding hydrogens is 256 g/mol. The average Bonchev–Trinajstić information content (AvgIpc) is 3.02. The number of fused-ring (bicyclic) bond motifs is 1. The highest BCUT2D eigenvalue weighted by molar-refractivity contribution is 7.80. The van der Waals surface area contributed by atoms with Crippen LogP contribution in [0.2, 0.25) is 0 Å². The van der Waals surface area contributed by atoms with Crippen LogP contribution >= 0.6 is 12.6 Å². The molecule has 3 nitrogen and oxygen atoms in total. The zero-order chi connectivity index (χ0) is 13.2. The van der Waals surface area contributed by atoms with Crippen LogP contribution in [0.5, 0.6) is 0 Å². The number of amides is 1. The summed E-state index contributed by atoms with van der Waals surface area (Å²) < 4.78 is 0. The molecule has 1 aliphatic rings. The largest absolute Gasteiger partial charge is 0.361 e. The zero-order valence-electron chi connectivity index (χ0n) is 10.8. The van der Waals surface area contributed by atoms with Gasteiger partial charge in [0, 0.05) is 31.2 Å². The van der Waals surface area contributed by atoms with Gasteiger partial charge in [-0.05, 0) is 47.2 Å². The quantitative estimate of drug-likeness (QED) is 0.826. The van der Waals surface area contributed by atoms with Gasteiger partial charge in [0.25, 0.3) is 0 Å². The number of nitrogens with one attached hydrogen (secondary N) is 1. The number of carbonyl (C=O) groups excluding carboxylic acids is 1. The Hall–Kier alpha value is -1.42. The van der Waals surface area contributed by atoms with E-state index in [0.29, 0.717) is 12.3 Å². The summed E-state index contributed by atoms with van der Waals surface area (Å²) in [6, 6.07) is 8.52. The van der Waals surface area contributed by atoms with Gasteiger partial charge in [-0.1, -0.05) is 6.07 Å². The number of H-pyrrole nitrogens is 1. The van der Waals surface area contributed by atoms with Gasteiger partial charge in [0.1, 0.15) is 0 Å². The smallest absolute Gasteiger partial charge is 0.222 e. The molecule has 2 aromatic rings. The Morgan fingerprint density at radius 3 is 3.05 bits per heavy atom. The van der Waals surface area contributed by atoms with Gasteiger partial charge in [-0.3, -0.25) is 4.79 Å². The number of thiol groups is 1. The van der Waals surface area contributed by atoms with Crippen LogP contribution in [-0.2, 0) is 11.2 Å². The van der Waals surface area contributed by atoms with E-state index in [-0.39, 0.29) is 5.91 Å². The standard InChI is InChI=1S/C15H18N2OS/c18-15-8-12(10-19)9-17(15)6-4-11-1-2-14-13(7-11)3-5-16-14/h1-3,5,7,12,16,19H,4,6,8-10H2. The van der Waals surface area contributed by atoms with Crippen molar-refractivity contribution in [1.82, 2.24) is 9.88 Å². The van der Waals surface area contributed by atoms with Gasteiger partial charge in [0.2, 0.25) is 5.91 Å². The van der Waals surface area contributed by atoms with Crippen molar-refractivity contribution in [3.63, 3.8) is 0 Å². The second-order valence-corrected chi connectivity index (χ2v) is 5.61. The molecule has 1 unspecified atom stereocenters. The third-order valence-corrected chi connectivity index (χ3v) is 4.36. The molecule has 0 saturated carbocycles. The van der Waals surface area contributed by atoms with Gasteiger partial charge in [0.05, 0.1) is 0 Å². The molecular formula is C15H18N2OS. The van der Waals surface area contributed by atoms with E-state index in [9.17, 15) is 4.79 Å². The number of hydrogen-bond donors (Lipinski definition) is 2. The lowest BCUT2D eigenvalue weighted by atomic mass is 10.1. The molecule has 19 heavy (non-hydrogen) atoms. The van der Waals surface area contributed by atoms with Crippen molar-refractivity contribution >= 4 is 29.4 Å². The lowest BCUT2D eigenvalue weighted by molar-refractivity contribution is -0.127. The molecule has 4 heteroatoms. The molecule has 1 aliphatic heterocycles. The monoisotopic (exact) mass is 274 g/mol. The number of nitrogens with zero attached hydrogens (tertiary/aromatic N) is 1. The Labute approximate surface area is 118 Å². The summed E-state index contributed by atoms with van der Waals surface area (Å²) in [5.41, 5.74) is 2.45. The van der Waals surface area contributed by atoms with Crippen LogP contribution < -0.4 is 0 Å². The van der Waals surface area contributed by atoms with Crippen molar-refractivity contribution < 1.29 is 4.79 Å². The Morgan fingerprint density at radius 1 is 1.37 bits per heavy atom. The number of carbonyl (C=O) groups is 1. The van der Waals surface area contributed by atoms with E-state index in [2.05, 4.69) is 41.9 Å². The molecule has 1 atom stereocenters. The molecule has 3 rings (SSSR count). The van der Waals surface area contributed by atoms with Gasteiger partial charge in [-0.2, -0.15) is 12.6 Å². The van der Waals surface area contributed by atoms with E-state index in [1.807, 2.05) is 11.1 Å². The summed E-state index contributed by atoms with van der Waals surface area (Å²) in [6.07, 6.45) is 3.54. The summed E-state index contributed by atoms with van der Waals surface area (Å²) in [5, 5.41) is 1.23. The second kappa shape index (κ2) is 5.29. The van der Waals surface area contributed by atoms with Gasteiger partial charge < -0.3 is 9.88 Å². The van der Waals surface area contributed by atoms with Crippen molar-refractivity contribution in [2.45, 2.75) is 12.8 Å². The Balaban J connectivity index is 1.64. The fraction of sp³-hybridized carbons (Fsp3) is 0.400.